The minimum atomic E-state index is 0.0303. The number of benzene rings is 2. The Morgan fingerprint density at radius 2 is 2.00 bits per heavy atom. The van der Waals surface area contributed by atoms with Gasteiger partial charge >= 0.3 is 0 Å². The van der Waals surface area contributed by atoms with Crippen LogP contribution in [0.3, 0.4) is 0 Å². The maximum absolute atomic E-state index is 12.9. The molecule has 2 aromatic rings. The first-order chi connectivity index (χ1) is 13.7. The second-order valence-corrected chi connectivity index (χ2v) is 8.15. The van der Waals surface area contributed by atoms with E-state index in [1.165, 1.54) is 11.1 Å². The predicted molar refractivity (Wildman–Crippen MR) is 107 cm³/mol. The molecule has 0 aliphatic carbocycles. The zero-order valence-corrected chi connectivity index (χ0v) is 16.3. The van der Waals surface area contributed by atoms with Crippen molar-refractivity contribution in [2.75, 3.05) is 26.2 Å². The number of likely N-dealkylation sites (tertiary alicyclic amines) is 1. The summed E-state index contributed by atoms with van der Waals surface area (Å²) in [6.45, 7) is 6.18. The standard InChI is InChI=1S/C23H26N2O3/c1-16-8-9-20-17(11-16)12-25(23(20)26)18-5-4-10-24(13-18)14-19-15-27-21-6-2-3-7-22(21)28-19/h2-3,6-9,11,18-19H,4-5,10,12-15H2,1H3. The lowest BCUT2D eigenvalue weighted by Crippen LogP contribution is -2.51. The molecule has 0 radical (unpaired) electrons. The average Bonchev–Trinajstić information content (AvgIpc) is 3.04. The zero-order chi connectivity index (χ0) is 19.1. The van der Waals surface area contributed by atoms with Gasteiger partial charge in [0.15, 0.2) is 11.5 Å². The minimum absolute atomic E-state index is 0.0303. The molecular formula is C23H26N2O3. The van der Waals surface area contributed by atoms with Crippen molar-refractivity contribution in [3.8, 4) is 11.5 Å². The number of nitrogens with zero attached hydrogens (tertiary/aromatic N) is 2. The molecule has 0 spiro atoms. The Morgan fingerprint density at radius 3 is 2.89 bits per heavy atom. The molecule has 5 nitrogen and oxygen atoms in total. The van der Waals surface area contributed by atoms with Crippen LogP contribution in [0.15, 0.2) is 42.5 Å². The molecule has 28 heavy (non-hydrogen) atoms. The molecule has 2 unspecified atom stereocenters. The van der Waals surface area contributed by atoms with E-state index in [2.05, 4.69) is 22.8 Å². The largest absolute Gasteiger partial charge is 0.486 e. The molecule has 0 saturated carbocycles. The Labute approximate surface area is 165 Å². The van der Waals surface area contributed by atoms with Crippen LogP contribution >= 0.6 is 0 Å². The van der Waals surface area contributed by atoms with Crippen LogP contribution in [-0.4, -0.2) is 54.1 Å². The van der Waals surface area contributed by atoms with Crippen molar-refractivity contribution in [1.82, 2.24) is 9.80 Å². The minimum Gasteiger partial charge on any atom is -0.486 e. The summed E-state index contributed by atoms with van der Waals surface area (Å²) in [5.74, 6) is 1.84. The molecule has 1 saturated heterocycles. The van der Waals surface area contributed by atoms with Crippen LogP contribution in [-0.2, 0) is 6.54 Å². The van der Waals surface area contributed by atoms with Crippen molar-refractivity contribution in [2.45, 2.75) is 38.5 Å². The summed E-state index contributed by atoms with van der Waals surface area (Å²) in [5.41, 5.74) is 3.26. The van der Waals surface area contributed by atoms with Crippen LogP contribution < -0.4 is 9.47 Å². The Bertz CT molecular complexity index is 897. The van der Waals surface area contributed by atoms with Crippen LogP contribution in [0, 0.1) is 6.92 Å². The van der Waals surface area contributed by atoms with Gasteiger partial charge in [-0.25, -0.2) is 0 Å². The second-order valence-electron chi connectivity index (χ2n) is 8.15. The summed E-state index contributed by atoms with van der Waals surface area (Å²) in [6.07, 6.45) is 2.21. The van der Waals surface area contributed by atoms with Crippen LogP contribution in [0.2, 0.25) is 0 Å². The second kappa shape index (κ2) is 7.13. The van der Waals surface area contributed by atoms with Crippen molar-refractivity contribution >= 4 is 5.91 Å². The molecule has 1 amide bonds. The van der Waals surface area contributed by atoms with Crippen molar-refractivity contribution < 1.29 is 14.3 Å². The number of piperidine rings is 1. The number of hydrogen-bond donors (Lipinski definition) is 0. The van der Waals surface area contributed by atoms with Gasteiger partial charge in [-0.15, -0.1) is 0 Å². The van der Waals surface area contributed by atoms with Gasteiger partial charge < -0.3 is 14.4 Å². The van der Waals surface area contributed by atoms with E-state index < -0.39 is 0 Å². The molecule has 0 N–H and O–H groups in total. The molecule has 2 atom stereocenters. The van der Waals surface area contributed by atoms with E-state index in [1.54, 1.807) is 0 Å². The van der Waals surface area contributed by atoms with Crippen molar-refractivity contribution in [2.24, 2.45) is 0 Å². The first kappa shape index (κ1) is 17.6. The number of carbonyl (C=O) groups excluding carboxylic acids is 1. The van der Waals surface area contributed by atoms with Gasteiger partial charge in [-0.1, -0.05) is 29.8 Å². The van der Waals surface area contributed by atoms with Gasteiger partial charge in [0.25, 0.3) is 5.91 Å². The topological polar surface area (TPSA) is 42.0 Å². The number of hydrogen-bond acceptors (Lipinski definition) is 4. The number of aryl methyl sites for hydroxylation is 1. The smallest absolute Gasteiger partial charge is 0.254 e. The van der Waals surface area contributed by atoms with E-state index in [-0.39, 0.29) is 18.1 Å². The molecule has 5 heteroatoms. The van der Waals surface area contributed by atoms with Gasteiger partial charge in [0.1, 0.15) is 12.7 Å². The fraction of sp³-hybridized carbons (Fsp3) is 0.435. The lowest BCUT2D eigenvalue weighted by Gasteiger charge is -2.39. The maximum atomic E-state index is 12.9. The molecule has 2 aromatic carbocycles. The fourth-order valence-electron chi connectivity index (χ4n) is 4.66. The number of carbonyl (C=O) groups is 1. The molecular weight excluding hydrogens is 352 g/mol. The summed E-state index contributed by atoms with van der Waals surface area (Å²) < 4.78 is 12.0. The van der Waals surface area contributed by atoms with Crippen LogP contribution in [0.1, 0.15) is 34.3 Å². The Morgan fingerprint density at radius 1 is 1.14 bits per heavy atom. The van der Waals surface area contributed by atoms with Crippen LogP contribution in [0.25, 0.3) is 0 Å². The molecule has 146 valence electrons. The fourth-order valence-corrected chi connectivity index (χ4v) is 4.66. The van der Waals surface area contributed by atoms with E-state index in [0.29, 0.717) is 6.61 Å². The number of fused-ring (bicyclic) bond motifs is 2. The Hall–Kier alpha value is -2.53. The molecule has 3 aliphatic rings. The average molecular weight is 378 g/mol. The van der Waals surface area contributed by atoms with Gasteiger partial charge in [-0.2, -0.15) is 0 Å². The molecule has 0 bridgehead atoms. The van der Waals surface area contributed by atoms with Gasteiger partial charge in [0, 0.05) is 31.2 Å². The summed E-state index contributed by atoms with van der Waals surface area (Å²) in [6, 6.07) is 14.3. The third-order valence-electron chi connectivity index (χ3n) is 6.04. The normalized spacial score (nSPS) is 24.3. The number of ether oxygens (including phenoxy) is 2. The predicted octanol–water partition coefficient (Wildman–Crippen LogP) is 3.26. The van der Waals surface area contributed by atoms with Gasteiger partial charge in [0.05, 0.1) is 0 Å². The van der Waals surface area contributed by atoms with Gasteiger partial charge in [0.2, 0.25) is 0 Å². The van der Waals surface area contributed by atoms with E-state index >= 15 is 0 Å². The van der Waals surface area contributed by atoms with Gasteiger partial charge in [-0.05, 0) is 50.1 Å². The first-order valence-corrected chi connectivity index (χ1v) is 10.2. The number of amides is 1. The van der Waals surface area contributed by atoms with Crippen molar-refractivity contribution in [3.05, 3.63) is 59.2 Å². The third kappa shape index (κ3) is 3.24. The lowest BCUT2D eigenvalue weighted by molar-refractivity contribution is 0.0306. The van der Waals surface area contributed by atoms with E-state index in [4.69, 9.17) is 9.47 Å². The molecule has 3 aliphatic heterocycles. The SMILES string of the molecule is Cc1ccc2c(c1)CN(C1CCCN(CC3COc4ccccc4O3)C1)C2=O. The zero-order valence-electron chi connectivity index (χ0n) is 16.3. The van der Waals surface area contributed by atoms with Crippen molar-refractivity contribution in [1.29, 1.82) is 0 Å². The molecule has 3 heterocycles. The van der Waals surface area contributed by atoms with Crippen LogP contribution in [0.5, 0.6) is 11.5 Å². The van der Waals surface area contributed by atoms with Crippen LogP contribution in [0.4, 0.5) is 0 Å². The van der Waals surface area contributed by atoms with E-state index in [1.807, 2.05) is 36.4 Å². The maximum Gasteiger partial charge on any atom is 0.254 e. The monoisotopic (exact) mass is 378 g/mol. The van der Waals surface area contributed by atoms with E-state index in [9.17, 15) is 4.79 Å². The molecule has 1 fully saturated rings. The Kier molecular flexibility index (Phi) is 4.47. The summed E-state index contributed by atoms with van der Waals surface area (Å²) in [5, 5.41) is 0. The van der Waals surface area contributed by atoms with Gasteiger partial charge in [-0.3, -0.25) is 9.69 Å². The quantitative estimate of drug-likeness (QED) is 0.822. The summed E-state index contributed by atoms with van der Waals surface area (Å²) in [7, 11) is 0. The highest BCUT2D eigenvalue weighted by Crippen LogP contribution is 2.32. The van der Waals surface area contributed by atoms with Crippen molar-refractivity contribution in [3.63, 3.8) is 0 Å². The molecule has 5 rings (SSSR count). The highest BCUT2D eigenvalue weighted by molar-refractivity contribution is 5.98. The third-order valence-corrected chi connectivity index (χ3v) is 6.04. The number of para-hydroxylation sites is 2. The lowest BCUT2D eigenvalue weighted by atomic mass is 10.0. The summed E-state index contributed by atoms with van der Waals surface area (Å²) in [4.78, 5) is 17.4. The number of rotatable bonds is 3. The molecule has 0 aromatic heterocycles. The first-order valence-electron chi connectivity index (χ1n) is 10.2. The highest BCUT2D eigenvalue weighted by atomic mass is 16.6. The van der Waals surface area contributed by atoms with E-state index in [0.717, 1.165) is 56.1 Å². The summed E-state index contributed by atoms with van der Waals surface area (Å²) >= 11 is 0. The highest BCUT2D eigenvalue weighted by Gasteiger charge is 2.35. The Balaban J connectivity index is 1.23.